The first-order valence-electron chi connectivity index (χ1n) is 7.90. The molecule has 3 heteroatoms. The van der Waals surface area contributed by atoms with Crippen LogP contribution in [0.5, 0.6) is 0 Å². The van der Waals surface area contributed by atoms with E-state index in [0.29, 0.717) is 12.0 Å². The molecule has 0 saturated carbocycles. The van der Waals surface area contributed by atoms with Gasteiger partial charge in [0.1, 0.15) is 0 Å². The van der Waals surface area contributed by atoms with E-state index >= 15 is 0 Å². The van der Waals surface area contributed by atoms with Crippen molar-refractivity contribution in [2.75, 3.05) is 32.8 Å². The lowest BCUT2D eigenvalue weighted by Crippen LogP contribution is -2.41. The molecule has 1 aromatic carbocycles. The van der Waals surface area contributed by atoms with E-state index in [1.807, 2.05) is 0 Å². The maximum Gasteiger partial charge on any atom is 0.0623 e. The number of hydrogen-bond acceptors (Lipinski definition) is 3. The van der Waals surface area contributed by atoms with Gasteiger partial charge in [-0.1, -0.05) is 44.2 Å². The molecular weight excluding hydrogens is 248 g/mol. The van der Waals surface area contributed by atoms with Crippen LogP contribution in [-0.4, -0.2) is 43.8 Å². The van der Waals surface area contributed by atoms with Crippen LogP contribution in [0.15, 0.2) is 30.3 Å². The van der Waals surface area contributed by atoms with Gasteiger partial charge >= 0.3 is 0 Å². The maximum absolute atomic E-state index is 5.67. The van der Waals surface area contributed by atoms with E-state index in [2.05, 4.69) is 54.4 Å². The van der Waals surface area contributed by atoms with Crippen LogP contribution in [0.1, 0.15) is 25.8 Å². The first-order valence-corrected chi connectivity index (χ1v) is 7.90. The number of nitrogens with zero attached hydrogens (tertiary/aromatic N) is 1. The lowest BCUT2D eigenvalue weighted by Gasteiger charge is -2.27. The topological polar surface area (TPSA) is 24.5 Å². The van der Waals surface area contributed by atoms with Gasteiger partial charge in [0.15, 0.2) is 0 Å². The third-order valence-corrected chi connectivity index (χ3v) is 4.04. The zero-order valence-corrected chi connectivity index (χ0v) is 12.8. The van der Waals surface area contributed by atoms with Gasteiger partial charge in [0, 0.05) is 25.0 Å². The summed E-state index contributed by atoms with van der Waals surface area (Å²) in [5, 5.41) is 3.62. The highest BCUT2D eigenvalue weighted by atomic mass is 16.5. The highest BCUT2D eigenvalue weighted by molar-refractivity contribution is 5.14. The summed E-state index contributed by atoms with van der Waals surface area (Å²) in [5.74, 6) is 0.616. The van der Waals surface area contributed by atoms with Crippen LogP contribution < -0.4 is 5.32 Å². The molecule has 1 heterocycles. The number of rotatable bonds is 8. The van der Waals surface area contributed by atoms with Crippen molar-refractivity contribution < 1.29 is 4.74 Å². The van der Waals surface area contributed by atoms with Crippen LogP contribution in [0.4, 0.5) is 0 Å². The largest absolute Gasteiger partial charge is 0.379 e. The minimum atomic E-state index is 0.528. The molecule has 112 valence electrons. The third kappa shape index (κ3) is 4.58. The van der Waals surface area contributed by atoms with Crippen LogP contribution >= 0.6 is 0 Å². The molecule has 0 radical (unpaired) electrons. The Labute approximate surface area is 123 Å². The molecule has 2 unspecified atom stereocenters. The molecular formula is C17H28N2O. The summed E-state index contributed by atoms with van der Waals surface area (Å²) in [6, 6.07) is 11.3. The second-order valence-corrected chi connectivity index (χ2v) is 5.67. The first-order chi connectivity index (χ1) is 9.83. The number of benzene rings is 1. The van der Waals surface area contributed by atoms with E-state index in [1.165, 1.54) is 12.0 Å². The van der Waals surface area contributed by atoms with Crippen molar-refractivity contribution in [1.82, 2.24) is 10.2 Å². The number of ether oxygens (including phenoxy) is 1. The summed E-state index contributed by atoms with van der Waals surface area (Å²) in [6.07, 6.45) is 1.19. The van der Waals surface area contributed by atoms with Crippen LogP contribution in [0.25, 0.3) is 0 Å². The predicted octanol–water partition coefficient (Wildman–Crippen LogP) is 2.52. The smallest absolute Gasteiger partial charge is 0.0623 e. The van der Waals surface area contributed by atoms with Crippen LogP contribution in [0.2, 0.25) is 0 Å². The van der Waals surface area contributed by atoms with Crippen molar-refractivity contribution in [2.45, 2.75) is 32.9 Å². The van der Waals surface area contributed by atoms with Crippen molar-refractivity contribution in [3.63, 3.8) is 0 Å². The van der Waals surface area contributed by atoms with Gasteiger partial charge in [-0.2, -0.15) is 0 Å². The molecule has 3 nitrogen and oxygen atoms in total. The fourth-order valence-electron chi connectivity index (χ4n) is 2.81. The lowest BCUT2D eigenvalue weighted by molar-refractivity contribution is 0.167. The lowest BCUT2D eigenvalue weighted by atomic mass is 10.0. The molecule has 0 bridgehead atoms. The Morgan fingerprint density at radius 2 is 2.00 bits per heavy atom. The standard InChI is InChI=1S/C17H28N2O/c1-3-10-18-17-14-20-13-16(17)12-19(4-2)11-15-8-6-5-7-9-15/h5-9,16-18H,3-4,10-14H2,1-2H3. The van der Waals surface area contributed by atoms with Gasteiger partial charge < -0.3 is 10.1 Å². The zero-order chi connectivity index (χ0) is 14.2. The van der Waals surface area contributed by atoms with Crippen molar-refractivity contribution in [3.8, 4) is 0 Å². The Balaban J connectivity index is 1.85. The highest BCUT2D eigenvalue weighted by Gasteiger charge is 2.28. The van der Waals surface area contributed by atoms with Crippen molar-refractivity contribution in [3.05, 3.63) is 35.9 Å². The van der Waals surface area contributed by atoms with Crippen LogP contribution in [0, 0.1) is 5.92 Å². The number of hydrogen-bond donors (Lipinski definition) is 1. The first kappa shape index (κ1) is 15.5. The molecule has 2 rings (SSSR count). The average Bonchev–Trinajstić information content (AvgIpc) is 2.92. The monoisotopic (exact) mass is 276 g/mol. The quantitative estimate of drug-likeness (QED) is 0.789. The molecule has 0 spiro atoms. The molecule has 1 aliphatic rings. The van der Waals surface area contributed by atoms with Gasteiger partial charge in [-0.25, -0.2) is 0 Å². The second kappa shape index (κ2) is 8.40. The van der Waals surface area contributed by atoms with E-state index in [9.17, 15) is 0 Å². The van der Waals surface area contributed by atoms with Crippen LogP contribution in [-0.2, 0) is 11.3 Å². The van der Waals surface area contributed by atoms with Crippen LogP contribution in [0.3, 0.4) is 0 Å². The Morgan fingerprint density at radius 1 is 1.20 bits per heavy atom. The average molecular weight is 276 g/mol. The predicted molar refractivity (Wildman–Crippen MR) is 83.8 cm³/mol. The third-order valence-electron chi connectivity index (χ3n) is 4.04. The summed E-state index contributed by atoms with van der Waals surface area (Å²) >= 11 is 0. The van der Waals surface area contributed by atoms with E-state index < -0.39 is 0 Å². The fraction of sp³-hybridized carbons (Fsp3) is 0.647. The molecule has 0 amide bonds. The molecule has 1 aliphatic heterocycles. The molecule has 1 saturated heterocycles. The molecule has 1 N–H and O–H groups in total. The summed E-state index contributed by atoms with van der Waals surface area (Å²) in [5.41, 5.74) is 1.39. The summed E-state index contributed by atoms with van der Waals surface area (Å²) in [7, 11) is 0. The second-order valence-electron chi connectivity index (χ2n) is 5.67. The Hall–Kier alpha value is -0.900. The Bertz CT molecular complexity index is 369. The van der Waals surface area contributed by atoms with Crippen molar-refractivity contribution >= 4 is 0 Å². The van der Waals surface area contributed by atoms with Crippen molar-refractivity contribution in [1.29, 1.82) is 0 Å². The summed E-state index contributed by atoms with van der Waals surface area (Å²) in [4.78, 5) is 2.52. The normalized spacial score (nSPS) is 22.6. The van der Waals surface area contributed by atoms with Gasteiger partial charge in [0.2, 0.25) is 0 Å². The minimum absolute atomic E-state index is 0.528. The Kier molecular flexibility index (Phi) is 6.51. The SMILES string of the molecule is CCCNC1COCC1CN(CC)Cc1ccccc1. The van der Waals surface area contributed by atoms with Gasteiger partial charge in [-0.3, -0.25) is 4.90 Å². The van der Waals surface area contributed by atoms with Gasteiger partial charge in [0.25, 0.3) is 0 Å². The molecule has 0 aliphatic carbocycles. The molecule has 2 atom stereocenters. The molecule has 1 fully saturated rings. The van der Waals surface area contributed by atoms with Crippen molar-refractivity contribution in [2.24, 2.45) is 5.92 Å². The van der Waals surface area contributed by atoms with E-state index in [-0.39, 0.29) is 0 Å². The highest BCUT2D eigenvalue weighted by Crippen LogP contribution is 2.17. The Morgan fingerprint density at radius 3 is 2.70 bits per heavy atom. The summed E-state index contributed by atoms with van der Waals surface area (Å²) < 4.78 is 5.67. The maximum atomic E-state index is 5.67. The number of nitrogens with one attached hydrogen (secondary N) is 1. The van der Waals surface area contributed by atoms with E-state index in [0.717, 1.165) is 39.4 Å². The minimum Gasteiger partial charge on any atom is -0.379 e. The molecule has 20 heavy (non-hydrogen) atoms. The molecule has 1 aromatic rings. The molecule has 0 aromatic heterocycles. The van der Waals surface area contributed by atoms with E-state index in [4.69, 9.17) is 4.74 Å². The summed E-state index contributed by atoms with van der Waals surface area (Å²) in [6.45, 7) is 10.6. The van der Waals surface area contributed by atoms with Gasteiger partial charge in [-0.05, 0) is 25.1 Å². The zero-order valence-electron chi connectivity index (χ0n) is 12.8. The van der Waals surface area contributed by atoms with E-state index in [1.54, 1.807) is 0 Å². The van der Waals surface area contributed by atoms with Gasteiger partial charge in [-0.15, -0.1) is 0 Å². The van der Waals surface area contributed by atoms with Gasteiger partial charge in [0.05, 0.1) is 13.2 Å². The fourth-order valence-corrected chi connectivity index (χ4v) is 2.81.